The average molecular weight is 421 g/mol. The molecule has 0 aliphatic heterocycles. The number of nitrogens with zero attached hydrogens (tertiary/aromatic N) is 4. The maximum Gasteiger partial charge on any atom is 0.199 e. The van der Waals surface area contributed by atoms with E-state index in [0.29, 0.717) is 18.0 Å². The lowest BCUT2D eigenvalue weighted by Gasteiger charge is -2.15. The fourth-order valence-corrected chi connectivity index (χ4v) is 4.19. The molecule has 0 aliphatic rings. The molecule has 5 nitrogen and oxygen atoms in total. The molecule has 3 aromatic rings. The summed E-state index contributed by atoms with van der Waals surface area (Å²) in [6.45, 7) is 5.81. The van der Waals surface area contributed by atoms with Gasteiger partial charge >= 0.3 is 0 Å². The van der Waals surface area contributed by atoms with Crippen LogP contribution in [0.5, 0.6) is 5.75 Å². The monoisotopic (exact) mass is 420 g/mol. The molecular weight excluding hydrogens is 400 g/mol. The lowest BCUT2D eigenvalue weighted by molar-refractivity contribution is 0.246. The van der Waals surface area contributed by atoms with Crippen LogP contribution >= 0.6 is 35.2 Å². The number of benzene rings is 1. The smallest absolute Gasteiger partial charge is 0.199 e. The molecular formula is C19H21ClN4OS2. The van der Waals surface area contributed by atoms with Gasteiger partial charge in [0.05, 0.1) is 18.1 Å². The van der Waals surface area contributed by atoms with Gasteiger partial charge in [0.25, 0.3) is 0 Å². The third-order valence-corrected chi connectivity index (χ3v) is 5.66. The standard InChI is InChI=1S/C19H21ClN4OS2/c1-4-11-23-18(14-5-7-15(25-3)8-6-14)21-24(19(23)26)13-22(2)12-16-9-10-17(20)27-16/h4-10H,1,11-13H2,2-3H3. The van der Waals surface area contributed by atoms with Crippen molar-refractivity contribution in [3.63, 3.8) is 0 Å². The van der Waals surface area contributed by atoms with Gasteiger partial charge in [-0.25, -0.2) is 4.68 Å². The Kier molecular flexibility index (Phi) is 6.49. The normalized spacial score (nSPS) is 11.1. The predicted molar refractivity (Wildman–Crippen MR) is 114 cm³/mol. The van der Waals surface area contributed by atoms with Crippen LogP contribution in [0.2, 0.25) is 4.34 Å². The van der Waals surface area contributed by atoms with Crippen LogP contribution in [0, 0.1) is 4.77 Å². The summed E-state index contributed by atoms with van der Waals surface area (Å²) in [4.78, 5) is 3.36. The van der Waals surface area contributed by atoms with Crippen molar-refractivity contribution in [1.29, 1.82) is 0 Å². The molecule has 2 heterocycles. The van der Waals surface area contributed by atoms with Gasteiger partial charge in [0.1, 0.15) is 5.75 Å². The van der Waals surface area contributed by atoms with E-state index in [9.17, 15) is 0 Å². The van der Waals surface area contributed by atoms with Crippen molar-refractivity contribution >= 4 is 35.2 Å². The van der Waals surface area contributed by atoms with Crippen molar-refractivity contribution in [2.75, 3.05) is 14.2 Å². The predicted octanol–water partition coefficient (Wildman–Crippen LogP) is 5.08. The summed E-state index contributed by atoms with van der Waals surface area (Å²) < 4.78 is 10.5. The van der Waals surface area contributed by atoms with Crippen LogP contribution in [0.25, 0.3) is 11.4 Å². The van der Waals surface area contributed by atoms with E-state index in [1.165, 1.54) is 4.88 Å². The van der Waals surface area contributed by atoms with E-state index in [0.717, 1.165) is 28.0 Å². The minimum atomic E-state index is 0.585. The van der Waals surface area contributed by atoms with E-state index in [4.69, 9.17) is 33.7 Å². The van der Waals surface area contributed by atoms with Crippen molar-refractivity contribution in [1.82, 2.24) is 19.2 Å². The first-order valence-corrected chi connectivity index (χ1v) is 9.98. The number of allylic oxidation sites excluding steroid dienone is 1. The van der Waals surface area contributed by atoms with Gasteiger partial charge in [-0.05, 0) is 55.7 Å². The number of rotatable bonds is 8. The number of aromatic nitrogens is 3. The minimum Gasteiger partial charge on any atom is -0.497 e. The Hall–Kier alpha value is -1.93. The number of hydrogen-bond acceptors (Lipinski definition) is 5. The molecule has 0 aliphatic carbocycles. The first kappa shape index (κ1) is 19.8. The molecule has 0 spiro atoms. The van der Waals surface area contributed by atoms with Crippen LogP contribution in [-0.2, 0) is 19.8 Å². The second-order valence-electron chi connectivity index (χ2n) is 6.09. The van der Waals surface area contributed by atoms with Gasteiger partial charge in [-0.2, -0.15) is 5.10 Å². The molecule has 3 rings (SSSR count). The molecule has 142 valence electrons. The molecule has 0 fully saturated rings. The molecule has 1 aromatic carbocycles. The summed E-state index contributed by atoms with van der Waals surface area (Å²) in [5.41, 5.74) is 0.982. The van der Waals surface area contributed by atoms with Gasteiger partial charge in [0.15, 0.2) is 10.6 Å². The summed E-state index contributed by atoms with van der Waals surface area (Å²) >= 11 is 13.3. The third kappa shape index (κ3) is 4.68. The van der Waals surface area contributed by atoms with Crippen molar-refractivity contribution in [3.05, 3.63) is 63.0 Å². The topological polar surface area (TPSA) is 35.2 Å². The molecule has 0 atom stereocenters. The van der Waals surface area contributed by atoms with Crippen molar-refractivity contribution in [2.45, 2.75) is 19.8 Å². The molecule has 0 bridgehead atoms. The Balaban J connectivity index is 1.87. The van der Waals surface area contributed by atoms with Crippen LogP contribution < -0.4 is 4.74 Å². The van der Waals surface area contributed by atoms with Crippen LogP contribution in [-0.4, -0.2) is 33.4 Å². The molecule has 0 N–H and O–H groups in total. The highest BCUT2D eigenvalue weighted by Gasteiger charge is 2.14. The van der Waals surface area contributed by atoms with Gasteiger partial charge in [-0.3, -0.25) is 9.47 Å². The maximum absolute atomic E-state index is 6.02. The summed E-state index contributed by atoms with van der Waals surface area (Å²) in [6, 6.07) is 11.8. The Labute approximate surface area is 173 Å². The zero-order chi connectivity index (χ0) is 19.4. The van der Waals surface area contributed by atoms with Crippen molar-refractivity contribution in [3.8, 4) is 17.1 Å². The summed E-state index contributed by atoms with van der Waals surface area (Å²) in [6.07, 6.45) is 1.83. The van der Waals surface area contributed by atoms with Crippen LogP contribution in [0.15, 0.2) is 49.1 Å². The molecule has 8 heteroatoms. The van der Waals surface area contributed by atoms with Gasteiger partial charge in [0, 0.05) is 23.5 Å². The first-order valence-electron chi connectivity index (χ1n) is 8.37. The van der Waals surface area contributed by atoms with Crippen molar-refractivity contribution < 1.29 is 4.74 Å². The molecule has 0 saturated heterocycles. The zero-order valence-corrected chi connectivity index (χ0v) is 17.7. The second-order valence-corrected chi connectivity index (χ2v) is 8.26. The highest BCUT2D eigenvalue weighted by atomic mass is 35.5. The fourth-order valence-electron chi connectivity index (χ4n) is 2.76. The van der Waals surface area contributed by atoms with Crippen LogP contribution in [0.3, 0.4) is 0 Å². The Morgan fingerprint density at radius 2 is 2.04 bits per heavy atom. The summed E-state index contributed by atoms with van der Waals surface area (Å²) in [5.74, 6) is 1.62. The van der Waals surface area contributed by atoms with E-state index >= 15 is 0 Å². The molecule has 0 amide bonds. The Morgan fingerprint density at radius 1 is 1.30 bits per heavy atom. The fraction of sp³-hybridized carbons (Fsp3) is 0.263. The van der Waals surface area contributed by atoms with E-state index in [1.54, 1.807) is 18.4 Å². The molecule has 0 saturated carbocycles. The molecule has 0 radical (unpaired) electrons. The van der Waals surface area contributed by atoms with Gasteiger partial charge in [0.2, 0.25) is 0 Å². The number of ether oxygens (including phenoxy) is 1. The lowest BCUT2D eigenvalue weighted by Crippen LogP contribution is -2.22. The number of hydrogen-bond donors (Lipinski definition) is 0. The Morgan fingerprint density at radius 3 is 2.63 bits per heavy atom. The third-order valence-electron chi connectivity index (χ3n) is 4.01. The van der Waals surface area contributed by atoms with Crippen molar-refractivity contribution in [2.24, 2.45) is 0 Å². The lowest BCUT2D eigenvalue weighted by atomic mass is 10.2. The SMILES string of the molecule is C=CCn1c(-c2ccc(OC)cc2)nn(CN(C)Cc2ccc(Cl)s2)c1=S. The molecule has 27 heavy (non-hydrogen) atoms. The molecule has 0 unspecified atom stereocenters. The highest BCUT2D eigenvalue weighted by molar-refractivity contribution is 7.71. The average Bonchev–Trinajstić information content (AvgIpc) is 3.20. The molecule has 2 aromatic heterocycles. The maximum atomic E-state index is 6.02. The number of halogens is 1. The summed E-state index contributed by atoms with van der Waals surface area (Å²) in [5, 5.41) is 4.76. The van der Waals surface area contributed by atoms with E-state index in [2.05, 4.69) is 11.5 Å². The first-order chi connectivity index (χ1) is 13.0. The largest absolute Gasteiger partial charge is 0.497 e. The number of methoxy groups -OCH3 is 1. The minimum absolute atomic E-state index is 0.585. The van der Waals surface area contributed by atoms with Gasteiger partial charge in [-0.1, -0.05) is 17.7 Å². The quantitative estimate of drug-likeness (QED) is 0.376. The second kappa shape index (κ2) is 8.84. The Bertz CT molecular complexity index is 975. The number of thiophene rings is 1. The van der Waals surface area contributed by atoms with Crippen LogP contribution in [0.1, 0.15) is 4.88 Å². The van der Waals surface area contributed by atoms with E-state index in [1.807, 2.05) is 58.8 Å². The van der Waals surface area contributed by atoms with Gasteiger partial charge < -0.3 is 4.74 Å². The van der Waals surface area contributed by atoms with Gasteiger partial charge in [-0.15, -0.1) is 17.9 Å². The summed E-state index contributed by atoms with van der Waals surface area (Å²) in [7, 11) is 3.69. The van der Waals surface area contributed by atoms with Crippen LogP contribution in [0.4, 0.5) is 0 Å². The zero-order valence-electron chi connectivity index (χ0n) is 15.3. The highest BCUT2D eigenvalue weighted by Crippen LogP contribution is 2.24. The van der Waals surface area contributed by atoms with E-state index < -0.39 is 0 Å². The van der Waals surface area contributed by atoms with E-state index in [-0.39, 0.29) is 0 Å².